The highest BCUT2D eigenvalue weighted by Crippen LogP contribution is 2.17. The zero-order valence-electron chi connectivity index (χ0n) is 11.4. The number of aromatic nitrogens is 1. The first kappa shape index (κ1) is 15.0. The number of para-hydroxylation sites is 1. The number of aryl methyl sites for hydroxylation is 1. The molecule has 0 radical (unpaired) electrons. The topological polar surface area (TPSA) is 102 Å². The Bertz CT molecular complexity index is 773. The first-order valence-corrected chi connectivity index (χ1v) is 7.84. The number of carbonyl (C=O) groups excluding carboxylic acids is 1. The fourth-order valence-electron chi connectivity index (χ4n) is 1.80. The Morgan fingerprint density at radius 3 is 2.62 bits per heavy atom. The summed E-state index contributed by atoms with van der Waals surface area (Å²) in [4.78, 5) is 15.6. The van der Waals surface area contributed by atoms with E-state index in [0.29, 0.717) is 5.69 Å². The minimum absolute atomic E-state index is 0.0289. The van der Waals surface area contributed by atoms with Crippen molar-refractivity contribution < 1.29 is 13.2 Å². The number of hydrogen-bond donors (Lipinski definition) is 2. The van der Waals surface area contributed by atoms with E-state index in [0.717, 1.165) is 5.56 Å². The number of sulfone groups is 1. The summed E-state index contributed by atoms with van der Waals surface area (Å²) in [5, 5.41) is 2.30. The quantitative estimate of drug-likeness (QED) is 0.888. The Morgan fingerprint density at radius 2 is 1.95 bits per heavy atom. The number of nitrogens with two attached hydrogens (primary N) is 1. The predicted molar refractivity (Wildman–Crippen MR) is 80.5 cm³/mol. The van der Waals surface area contributed by atoms with Crippen molar-refractivity contribution in [2.45, 2.75) is 11.9 Å². The van der Waals surface area contributed by atoms with Crippen molar-refractivity contribution in [3.63, 3.8) is 0 Å². The third kappa shape index (κ3) is 3.57. The zero-order chi connectivity index (χ0) is 15.5. The molecule has 0 spiro atoms. The first-order chi connectivity index (χ1) is 9.90. The molecule has 0 unspecified atom stereocenters. The molecule has 0 aliphatic carbocycles. The highest BCUT2D eigenvalue weighted by atomic mass is 32.2. The van der Waals surface area contributed by atoms with Crippen LogP contribution in [0.15, 0.2) is 47.6 Å². The molecule has 21 heavy (non-hydrogen) atoms. The van der Waals surface area contributed by atoms with Crippen molar-refractivity contribution in [1.29, 1.82) is 0 Å². The lowest BCUT2D eigenvalue weighted by molar-refractivity contribution is -0.113. The molecule has 1 aromatic carbocycles. The molecule has 0 saturated heterocycles. The molecule has 0 aliphatic rings. The third-order valence-corrected chi connectivity index (χ3v) is 4.41. The van der Waals surface area contributed by atoms with Crippen molar-refractivity contribution >= 4 is 27.1 Å². The molecule has 0 atom stereocenters. The second kappa shape index (κ2) is 5.92. The van der Waals surface area contributed by atoms with Gasteiger partial charge in [0.1, 0.15) is 5.75 Å². The lowest BCUT2D eigenvalue weighted by Gasteiger charge is -2.09. The van der Waals surface area contributed by atoms with Gasteiger partial charge in [-0.25, -0.2) is 13.4 Å². The Kier molecular flexibility index (Phi) is 4.23. The summed E-state index contributed by atoms with van der Waals surface area (Å²) in [6, 6.07) is 10.1. The van der Waals surface area contributed by atoms with Gasteiger partial charge in [-0.1, -0.05) is 18.2 Å². The molecule has 6 nitrogen and oxygen atoms in total. The monoisotopic (exact) mass is 305 g/mol. The number of pyridine rings is 1. The average Bonchev–Trinajstić information content (AvgIpc) is 2.41. The molecule has 0 fully saturated rings. The van der Waals surface area contributed by atoms with Gasteiger partial charge in [-0.15, -0.1) is 0 Å². The number of nitrogen functional groups attached to an aromatic ring is 1. The van der Waals surface area contributed by atoms with Crippen molar-refractivity contribution in [1.82, 2.24) is 4.98 Å². The van der Waals surface area contributed by atoms with Crippen LogP contribution in [0.5, 0.6) is 0 Å². The van der Waals surface area contributed by atoms with Gasteiger partial charge in [0.15, 0.2) is 5.03 Å². The predicted octanol–water partition coefficient (Wildman–Crippen LogP) is 1.38. The third-order valence-electron chi connectivity index (χ3n) is 2.84. The molecular weight excluding hydrogens is 290 g/mol. The lowest BCUT2D eigenvalue weighted by Crippen LogP contribution is -2.24. The second-order valence-electron chi connectivity index (χ2n) is 4.52. The average molecular weight is 305 g/mol. The summed E-state index contributed by atoms with van der Waals surface area (Å²) in [5.41, 5.74) is 7.04. The van der Waals surface area contributed by atoms with Crippen LogP contribution in [0.3, 0.4) is 0 Å². The highest BCUT2D eigenvalue weighted by molar-refractivity contribution is 7.92. The van der Waals surface area contributed by atoms with E-state index in [9.17, 15) is 13.2 Å². The SMILES string of the molecule is Cc1ccccc1NC(=O)CS(=O)(=O)c1ncccc1N. The largest absolute Gasteiger partial charge is 0.396 e. The van der Waals surface area contributed by atoms with Gasteiger partial charge >= 0.3 is 0 Å². The van der Waals surface area contributed by atoms with Gasteiger partial charge in [-0.3, -0.25) is 4.79 Å². The number of benzene rings is 1. The van der Waals surface area contributed by atoms with Gasteiger partial charge < -0.3 is 11.1 Å². The lowest BCUT2D eigenvalue weighted by atomic mass is 10.2. The Morgan fingerprint density at radius 1 is 1.24 bits per heavy atom. The van der Waals surface area contributed by atoms with Crippen molar-refractivity contribution in [3.8, 4) is 0 Å². The number of rotatable bonds is 4. The van der Waals surface area contributed by atoms with Gasteiger partial charge in [0.2, 0.25) is 15.7 Å². The smallest absolute Gasteiger partial charge is 0.240 e. The van der Waals surface area contributed by atoms with Crippen molar-refractivity contribution in [3.05, 3.63) is 48.2 Å². The van der Waals surface area contributed by atoms with Crippen LogP contribution in [-0.4, -0.2) is 25.1 Å². The van der Waals surface area contributed by atoms with Crippen LogP contribution in [-0.2, 0) is 14.6 Å². The molecule has 1 amide bonds. The molecule has 2 rings (SSSR count). The molecule has 0 aliphatic heterocycles. The summed E-state index contributed by atoms with van der Waals surface area (Å²) in [7, 11) is -3.87. The van der Waals surface area contributed by atoms with Crippen molar-refractivity contribution in [2.75, 3.05) is 16.8 Å². The number of amides is 1. The maximum Gasteiger partial charge on any atom is 0.240 e. The minimum Gasteiger partial charge on any atom is -0.396 e. The standard InChI is InChI=1S/C14H15N3O3S/c1-10-5-2-3-7-12(10)17-13(18)9-21(19,20)14-11(15)6-4-8-16-14/h2-8H,9,15H2,1H3,(H,17,18). The number of carbonyl (C=O) groups is 1. The van der Waals surface area contributed by atoms with E-state index in [-0.39, 0.29) is 10.7 Å². The van der Waals surface area contributed by atoms with Gasteiger partial charge in [0.25, 0.3) is 0 Å². The van der Waals surface area contributed by atoms with Crippen LogP contribution in [0, 0.1) is 6.92 Å². The molecule has 2 aromatic rings. The van der Waals surface area contributed by atoms with Crippen LogP contribution in [0.2, 0.25) is 0 Å². The Labute approximate surface area is 122 Å². The van der Waals surface area contributed by atoms with Gasteiger partial charge in [0, 0.05) is 11.9 Å². The van der Waals surface area contributed by atoms with Gasteiger partial charge in [-0.05, 0) is 30.7 Å². The van der Waals surface area contributed by atoms with Gasteiger partial charge in [0.05, 0.1) is 5.69 Å². The summed E-state index contributed by atoms with van der Waals surface area (Å²) in [5.74, 6) is -1.34. The van der Waals surface area contributed by atoms with E-state index in [2.05, 4.69) is 10.3 Å². The maximum absolute atomic E-state index is 12.1. The van der Waals surface area contributed by atoms with E-state index < -0.39 is 21.5 Å². The molecular formula is C14H15N3O3S. The fraction of sp³-hybridized carbons (Fsp3) is 0.143. The molecule has 3 N–H and O–H groups in total. The van der Waals surface area contributed by atoms with Crippen molar-refractivity contribution in [2.24, 2.45) is 0 Å². The van der Waals surface area contributed by atoms with E-state index in [1.54, 1.807) is 12.1 Å². The summed E-state index contributed by atoms with van der Waals surface area (Å²) in [6.07, 6.45) is 1.32. The number of nitrogens with zero attached hydrogens (tertiary/aromatic N) is 1. The van der Waals surface area contributed by atoms with Crippen LogP contribution < -0.4 is 11.1 Å². The first-order valence-electron chi connectivity index (χ1n) is 6.19. The van der Waals surface area contributed by atoms with Crippen LogP contribution in [0.25, 0.3) is 0 Å². The summed E-state index contributed by atoms with van der Waals surface area (Å²) in [6.45, 7) is 1.82. The Balaban J connectivity index is 2.16. The molecule has 0 saturated carbocycles. The minimum atomic E-state index is -3.87. The summed E-state index contributed by atoms with van der Waals surface area (Å²) < 4.78 is 24.3. The van der Waals surface area contributed by atoms with E-state index in [1.165, 1.54) is 18.3 Å². The number of nitrogens with one attached hydrogen (secondary N) is 1. The molecule has 7 heteroatoms. The fourth-order valence-corrected chi connectivity index (χ4v) is 3.01. The van der Waals surface area contributed by atoms with Crippen LogP contribution >= 0.6 is 0 Å². The maximum atomic E-state index is 12.1. The normalized spacial score (nSPS) is 11.1. The van der Waals surface area contributed by atoms with Crippen LogP contribution in [0.1, 0.15) is 5.56 Å². The van der Waals surface area contributed by atoms with Crippen LogP contribution in [0.4, 0.5) is 11.4 Å². The van der Waals surface area contributed by atoms with E-state index in [4.69, 9.17) is 5.73 Å². The zero-order valence-corrected chi connectivity index (χ0v) is 12.2. The number of anilines is 2. The number of hydrogen-bond acceptors (Lipinski definition) is 5. The van der Waals surface area contributed by atoms with E-state index in [1.807, 2.05) is 19.1 Å². The summed E-state index contributed by atoms with van der Waals surface area (Å²) >= 11 is 0. The van der Waals surface area contributed by atoms with E-state index >= 15 is 0 Å². The highest BCUT2D eigenvalue weighted by Gasteiger charge is 2.23. The molecule has 0 bridgehead atoms. The molecule has 1 aromatic heterocycles. The van der Waals surface area contributed by atoms with Gasteiger partial charge in [-0.2, -0.15) is 0 Å². The Hall–Kier alpha value is -2.41. The second-order valence-corrected chi connectivity index (χ2v) is 6.42. The molecule has 1 heterocycles. The molecule has 110 valence electrons.